The molecule has 3 heterocycles. The second kappa shape index (κ2) is 8.34. The number of amidine groups is 1. The Labute approximate surface area is 184 Å². The quantitative estimate of drug-likeness (QED) is 0.373. The lowest BCUT2D eigenvalue weighted by molar-refractivity contribution is -0.611. The number of allylic oxidation sites excluding steroid dienone is 3. The van der Waals surface area contributed by atoms with Crippen molar-refractivity contribution >= 4 is 36.0 Å². The molecule has 0 fully saturated rings. The largest absolute Gasteiger partial charge is 0.488 e. The number of amides is 2. The van der Waals surface area contributed by atoms with E-state index in [0.29, 0.717) is 35.1 Å². The molecular formula is C20H21BN7O4+. The Morgan fingerprint density at radius 1 is 1.28 bits per heavy atom. The van der Waals surface area contributed by atoms with Crippen molar-refractivity contribution < 1.29 is 24.1 Å². The standard InChI is InChI=1S/C20H20BN7O4/c1-12-16(28(20(22)29)9-4-3-8-15(28)24-12)17-25-18(19(32-2)27-26-17)23-11-13-6-5-7-14(10-13)21(30)31/h3-10,30-31H,11H2,1-2H3,(H2-,22,23,25,26,29)/p+1. The molecule has 162 valence electrons. The van der Waals surface area contributed by atoms with Crippen molar-refractivity contribution in [2.24, 2.45) is 10.7 Å². The monoisotopic (exact) mass is 434 g/mol. The fourth-order valence-electron chi connectivity index (χ4n) is 3.63. The van der Waals surface area contributed by atoms with Crippen molar-refractivity contribution in [2.75, 3.05) is 12.4 Å². The van der Waals surface area contributed by atoms with Crippen LogP contribution in [0.3, 0.4) is 0 Å². The molecule has 5 N–H and O–H groups in total. The average molecular weight is 434 g/mol. The van der Waals surface area contributed by atoms with Gasteiger partial charge in [-0.3, -0.25) is 0 Å². The summed E-state index contributed by atoms with van der Waals surface area (Å²) in [5.74, 6) is 1.06. The van der Waals surface area contributed by atoms with Crippen molar-refractivity contribution in [2.45, 2.75) is 13.5 Å². The Morgan fingerprint density at radius 3 is 2.81 bits per heavy atom. The maximum atomic E-state index is 12.5. The van der Waals surface area contributed by atoms with Crippen LogP contribution >= 0.6 is 0 Å². The second-order valence-electron chi connectivity index (χ2n) is 7.13. The summed E-state index contributed by atoms with van der Waals surface area (Å²) in [4.78, 5) is 21.6. The Kier molecular flexibility index (Phi) is 5.57. The predicted octanol–water partition coefficient (Wildman–Crippen LogP) is 0.252. The van der Waals surface area contributed by atoms with Gasteiger partial charge >= 0.3 is 13.1 Å². The lowest BCUT2D eigenvalue weighted by Crippen LogP contribution is -2.52. The number of hydrogen-bond donors (Lipinski definition) is 4. The first-order valence-corrected chi connectivity index (χ1v) is 9.70. The number of carbonyl (C=O) groups excluding carboxylic acids is 1. The Hall–Kier alpha value is -3.87. The topological polar surface area (TPSA) is 156 Å². The molecule has 12 heteroatoms. The summed E-state index contributed by atoms with van der Waals surface area (Å²) >= 11 is 0. The highest BCUT2D eigenvalue weighted by molar-refractivity contribution is 6.58. The number of rotatable bonds is 6. The Balaban J connectivity index is 1.69. The molecule has 0 radical (unpaired) electrons. The van der Waals surface area contributed by atoms with Crippen molar-refractivity contribution in [1.82, 2.24) is 15.2 Å². The van der Waals surface area contributed by atoms with Crippen molar-refractivity contribution in [1.29, 1.82) is 0 Å². The van der Waals surface area contributed by atoms with E-state index >= 15 is 0 Å². The number of aliphatic imine (C=N–C) groups is 1. The van der Waals surface area contributed by atoms with Crippen LogP contribution in [0.4, 0.5) is 10.6 Å². The van der Waals surface area contributed by atoms with E-state index in [-0.39, 0.29) is 11.7 Å². The van der Waals surface area contributed by atoms with E-state index in [1.165, 1.54) is 7.11 Å². The van der Waals surface area contributed by atoms with Gasteiger partial charge in [-0.2, -0.15) is 9.98 Å². The predicted molar refractivity (Wildman–Crippen MR) is 118 cm³/mol. The minimum absolute atomic E-state index is 0.157. The SMILES string of the molecule is COc1nnc(C2=C(C)N=C3C=CC=C[N+]32C(N)=O)nc1NCc1cccc(B(O)O)c1. The van der Waals surface area contributed by atoms with Crippen molar-refractivity contribution in [3.05, 3.63) is 65.8 Å². The third kappa shape index (κ3) is 3.56. The molecule has 1 aromatic carbocycles. The molecule has 2 amide bonds. The molecule has 1 unspecified atom stereocenters. The molecule has 2 aromatic rings. The third-order valence-corrected chi connectivity index (χ3v) is 5.12. The molecule has 0 saturated heterocycles. The fraction of sp³-hybridized carbons (Fsp3) is 0.150. The molecule has 4 rings (SSSR count). The Morgan fingerprint density at radius 2 is 2.09 bits per heavy atom. The number of nitrogens with zero attached hydrogens (tertiary/aromatic N) is 5. The first-order chi connectivity index (χ1) is 15.4. The van der Waals surface area contributed by atoms with Crippen LogP contribution in [0.5, 0.6) is 5.88 Å². The van der Waals surface area contributed by atoms with E-state index < -0.39 is 17.6 Å². The molecule has 0 bridgehead atoms. The molecule has 1 atom stereocenters. The number of methoxy groups -OCH3 is 1. The number of nitrogens with two attached hydrogens (primary N) is 1. The Bertz CT molecular complexity index is 1210. The zero-order valence-corrected chi connectivity index (χ0v) is 17.4. The van der Waals surface area contributed by atoms with Gasteiger partial charge in [0.1, 0.15) is 11.9 Å². The van der Waals surface area contributed by atoms with Crippen LogP contribution in [0.1, 0.15) is 18.3 Å². The van der Waals surface area contributed by atoms with Crippen LogP contribution in [0.15, 0.2) is 59.4 Å². The van der Waals surface area contributed by atoms with Gasteiger partial charge in [-0.15, -0.1) is 14.7 Å². The van der Waals surface area contributed by atoms with E-state index in [2.05, 4.69) is 25.5 Å². The van der Waals surface area contributed by atoms with Crippen LogP contribution in [-0.4, -0.2) is 55.8 Å². The number of carbonyl (C=O) groups is 1. The first-order valence-electron chi connectivity index (χ1n) is 9.70. The number of benzene rings is 1. The minimum atomic E-state index is -1.57. The molecule has 0 aliphatic carbocycles. The number of fused-ring (bicyclic) bond motifs is 1. The summed E-state index contributed by atoms with van der Waals surface area (Å²) in [6.45, 7) is 2.05. The van der Waals surface area contributed by atoms with Gasteiger partial charge in [-0.05, 0) is 30.1 Å². The fourth-order valence-corrected chi connectivity index (χ4v) is 3.63. The van der Waals surface area contributed by atoms with Gasteiger partial charge in [0.2, 0.25) is 17.4 Å². The molecule has 1 aromatic heterocycles. The minimum Gasteiger partial charge on any atom is -0.477 e. The molecule has 2 aliphatic rings. The number of anilines is 1. The molecule has 11 nitrogen and oxygen atoms in total. The average Bonchev–Trinajstić information content (AvgIpc) is 3.10. The zero-order chi connectivity index (χ0) is 22.9. The van der Waals surface area contributed by atoms with E-state index in [0.717, 1.165) is 5.56 Å². The van der Waals surface area contributed by atoms with Gasteiger partial charge in [-0.25, -0.2) is 4.79 Å². The zero-order valence-electron chi connectivity index (χ0n) is 17.4. The highest BCUT2D eigenvalue weighted by Gasteiger charge is 2.51. The molecule has 32 heavy (non-hydrogen) atoms. The molecule has 0 spiro atoms. The highest BCUT2D eigenvalue weighted by Crippen LogP contribution is 2.38. The van der Waals surface area contributed by atoms with Crippen molar-refractivity contribution in [3.8, 4) is 5.88 Å². The first kappa shape index (κ1) is 21.4. The number of nitrogens with one attached hydrogen (secondary N) is 1. The molecule has 2 aliphatic heterocycles. The highest BCUT2D eigenvalue weighted by atomic mass is 16.5. The van der Waals surface area contributed by atoms with Crippen LogP contribution in [0.25, 0.3) is 5.70 Å². The van der Waals surface area contributed by atoms with Gasteiger partial charge < -0.3 is 25.8 Å². The van der Waals surface area contributed by atoms with Crippen LogP contribution in [-0.2, 0) is 6.54 Å². The van der Waals surface area contributed by atoms with Gasteiger partial charge in [0.05, 0.1) is 7.11 Å². The lowest BCUT2D eigenvalue weighted by Gasteiger charge is -2.27. The van der Waals surface area contributed by atoms with E-state index in [4.69, 9.17) is 10.5 Å². The van der Waals surface area contributed by atoms with E-state index in [1.54, 1.807) is 49.6 Å². The number of primary amides is 1. The molecule has 0 saturated carbocycles. The number of ether oxygens (including phenoxy) is 1. The number of urea groups is 1. The summed E-state index contributed by atoms with van der Waals surface area (Å²) in [5.41, 5.74) is 7.87. The van der Waals surface area contributed by atoms with Gasteiger partial charge in [0.25, 0.3) is 5.88 Å². The van der Waals surface area contributed by atoms with Gasteiger partial charge in [-0.1, -0.05) is 24.3 Å². The van der Waals surface area contributed by atoms with Gasteiger partial charge in [0.15, 0.2) is 5.82 Å². The molecular weight excluding hydrogens is 413 g/mol. The normalized spacial score (nSPS) is 18.9. The number of quaternary nitrogens is 1. The van der Waals surface area contributed by atoms with Crippen LogP contribution in [0, 0.1) is 0 Å². The summed E-state index contributed by atoms with van der Waals surface area (Å²) in [7, 11) is -0.125. The summed E-state index contributed by atoms with van der Waals surface area (Å²) < 4.78 is 4.84. The maximum Gasteiger partial charge on any atom is 0.488 e. The maximum absolute atomic E-state index is 12.5. The summed E-state index contributed by atoms with van der Waals surface area (Å²) in [6, 6.07) is 6.16. The number of aromatic nitrogens is 3. The van der Waals surface area contributed by atoms with E-state index in [9.17, 15) is 14.8 Å². The number of hydrogen-bond acceptors (Lipinski definition) is 9. The second-order valence-corrected chi connectivity index (χ2v) is 7.13. The summed E-state index contributed by atoms with van der Waals surface area (Å²) in [6.07, 6.45) is 6.81. The van der Waals surface area contributed by atoms with E-state index in [1.807, 2.05) is 6.07 Å². The van der Waals surface area contributed by atoms with Crippen molar-refractivity contribution in [3.63, 3.8) is 0 Å². The lowest BCUT2D eigenvalue weighted by atomic mass is 9.80. The van der Waals surface area contributed by atoms with Crippen LogP contribution in [0.2, 0.25) is 0 Å². The summed E-state index contributed by atoms with van der Waals surface area (Å²) in [5, 5.41) is 30.1. The third-order valence-electron chi connectivity index (χ3n) is 5.12. The smallest absolute Gasteiger partial charge is 0.477 e. The van der Waals surface area contributed by atoms with Gasteiger partial charge in [0, 0.05) is 12.6 Å². The van der Waals surface area contributed by atoms with Crippen LogP contribution < -0.4 is 21.3 Å².